The van der Waals surface area contributed by atoms with Gasteiger partial charge in [0.15, 0.2) is 0 Å². The van der Waals surface area contributed by atoms with Crippen molar-refractivity contribution in [1.29, 1.82) is 0 Å². The van der Waals surface area contributed by atoms with Crippen molar-refractivity contribution in [2.75, 3.05) is 18.5 Å². The van der Waals surface area contributed by atoms with E-state index in [0.717, 1.165) is 36.6 Å². The smallest absolute Gasteiger partial charge is 0.221 e. The minimum Gasteiger partial charge on any atom is -0.477 e. The first kappa shape index (κ1) is 15.5. The second kappa shape index (κ2) is 7.77. The summed E-state index contributed by atoms with van der Waals surface area (Å²) in [6, 6.07) is 0. The molecule has 1 rings (SSSR count). The molecule has 1 heterocycles. The molecular weight excluding hydrogens is 238 g/mol. The summed E-state index contributed by atoms with van der Waals surface area (Å²) in [5, 5.41) is 3.34. The number of nitrogens with one attached hydrogen (secondary N) is 1. The number of rotatable bonds is 8. The fourth-order valence-corrected chi connectivity index (χ4v) is 1.57. The highest BCUT2D eigenvalue weighted by Gasteiger charge is 2.13. The van der Waals surface area contributed by atoms with Gasteiger partial charge in [-0.3, -0.25) is 0 Å². The molecule has 0 bridgehead atoms. The second-order valence-electron chi connectivity index (χ2n) is 4.87. The molecule has 0 aliphatic rings. The molecule has 0 unspecified atom stereocenters. The van der Waals surface area contributed by atoms with Gasteiger partial charge in [0.25, 0.3) is 0 Å². The molecule has 0 aliphatic carbocycles. The van der Waals surface area contributed by atoms with Gasteiger partial charge in [0.1, 0.15) is 11.6 Å². The Labute approximate surface area is 116 Å². The van der Waals surface area contributed by atoms with E-state index >= 15 is 0 Å². The minimum atomic E-state index is 0.282. The van der Waals surface area contributed by atoms with Crippen LogP contribution in [0.4, 0.5) is 5.82 Å². The van der Waals surface area contributed by atoms with Crippen molar-refractivity contribution in [1.82, 2.24) is 9.97 Å². The molecular formula is C15H25N3O. The molecule has 0 fully saturated rings. The normalized spacial score (nSPS) is 10.6. The molecule has 0 spiro atoms. The zero-order valence-electron chi connectivity index (χ0n) is 12.5. The van der Waals surface area contributed by atoms with E-state index in [1.807, 2.05) is 13.0 Å². The standard InChI is InChI=1S/C15H25N3O/c1-6-8-10-19-15-12(5)14(16-9-7-2)17-13(18-15)11(3)4/h6,11H,1,7-10H2,2-5H3,(H,16,17,18). The molecule has 4 heteroatoms. The molecule has 1 N–H and O–H groups in total. The van der Waals surface area contributed by atoms with Crippen LogP contribution in [0.2, 0.25) is 0 Å². The molecule has 1 aromatic heterocycles. The fraction of sp³-hybridized carbons (Fsp3) is 0.600. The van der Waals surface area contributed by atoms with Crippen LogP contribution in [0.1, 0.15) is 50.9 Å². The molecule has 0 saturated carbocycles. The number of hydrogen-bond donors (Lipinski definition) is 1. The highest BCUT2D eigenvalue weighted by atomic mass is 16.5. The zero-order chi connectivity index (χ0) is 14.3. The van der Waals surface area contributed by atoms with Crippen LogP contribution in [0, 0.1) is 6.92 Å². The third-order valence-electron chi connectivity index (χ3n) is 2.74. The van der Waals surface area contributed by atoms with Crippen molar-refractivity contribution in [3.63, 3.8) is 0 Å². The van der Waals surface area contributed by atoms with E-state index in [0.29, 0.717) is 12.5 Å². The average Bonchev–Trinajstić information content (AvgIpc) is 2.39. The zero-order valence-corrected chi connectivity index (χ0v) is 12.5. The van der Waals surface area contributed by atoms with Crippen LogP contribution in [0.15, 0.2) is 12.7 Å². The van der Waals surface area contributed by atoms with Crippen LogP contribution in [-0.4, -0.2) is 23.1 Å². The molecule has 19 heavy (non-hydrogen) atoms. The summed E-state index contributed by atoms with van der Waals surface area (Å²) in [6.07, 6.45) is 3.72. The summed E-state index contributed by atoms with van der Waals surface area (Å²) < 4.78 is 5.73. The van der Waals surface area contributed by atoms with E-state index in [-0.39, 0.29) is 5.92 Å². The lowest BCUT2D eigenvalue weighted by atomic mass is 10.2. The topological polar surface area (TPSA) is 47.0 Å². The van der Waals surface area contributed by atoms with E-state index < -0.39 is 0 Å². The summed E-state index contributed by atoms with van der Waals surface area (Å²) in [4.78, 5) is 9.08. The lowest BCUT2D eigenvalue weighted by Gasteiger charge is -2.15. The summed E-state index contributed by atoms with van der Waals surface area (Å²) in [6.45, 7) is 13.5. The van der Waals surface area contributed by atoms with Gasteiger partial charge in [-0.25, -0.2) is 4.98 Å². The van der Waals surface area contributed by atoms with E-state index in [2.05, 4.69) is 42.6 Å². The van der Waals surface area contributed by atoms with Crippen molar-refractivity contribution in [2.45, 2.75) is 46.5 Å². The van der Waals surface area contributed by atoms with Crippen LogP contribution >= 0.6 is 0 Å². The number of hydrogen-bond acceptors (Lipinski definition) is 4. The van der Waals surface area contributed by atoms with Crippen LogP contribution in [0.3, 0.4) is 0 Å². The third kappa shape index (κ3) is 4.54. The van der Waals surface area contributed by atoms with Gasteiger partial charge in [-0.2, -0.15) is 4.98 Å². The van der Waals surface area contributed by atoms with Crippen molar-refractivity contribution in [3.05, 3.63) is 24.0 Å². The van der Waals surface area contributed by atoms with Gasteiger partial charge in [-0.05, 0) is 19.8 Å². The predicted octanol–water partition coefficient (Wildman–Crippen LogP) is 3.69. The van der Waals surface area contributed by atoms with Gasteiger partial charge in [0.05, 0.1) is 12.2 Å². The molecule has 0 aliphatic heterocycles. The highest BCUT2D eigenvalue weighted by Crippen LogP contribution is 2.25. The Bertz CT molecular complexity index is 416. The summed E-state index contributed by atoms with van der Waals surface area (Å²) in [7, 11) is 0. The molecule has 4 nitrogen and oxygen atoms in total. The monoisotopic (exact) mass is 263 g/mol. The first-order valence-corrected chi connectivity index (χ1v) is 6.96. The first-order chi connectivity index (χ1) is 9.10. The van der Waals surface area contributed by atoms with E-state index in [4.69, 9.17) is 4.74 Å². The number of nitrogens with zero attached hydrogens (tertiary/aromatic N) is 2. The van der Waals surface area contributed by atoms with Gasteiger partial charge in [0.2, 0.25) is 5.88 Å². The Hall–Kier alpha value is -1.58. The molecule has 0 saturated heterocycles. The van der Waals surface area contributed by atoms with Crippen LogP contribution < -0.4 is 10.1 Å². The third-order valence-corrected chi connectivity index (χ3v) is 2.74. The van der Waals surface area contributed by atoms with Crippen LogP contribution in [-0.2, 0) is 0 Å². The Balaban J connectivity index is 2.98. The van der Waals surface area contributed by atoms with Gasteiger partial charge in [-0.1, -0.05) is 26.8 Å². The summed E-state index contributed by atoms with van der Waals surface area (Å²) >= 11 is 0. The molecule has 0 amide bonds. The SMILES string of the molecule is C=CCCOc1nc(C(C)C)nc(NCCC)c1C. The quantitative estimate of drug-likeness (QED) is 0.574. The van der Waals surface area contributed by atoms with Crippen molar-refractivity contribution >= 4 is 5.82 Å². The number of ether oxygens (including phenoxy) is 1. The van der Waals surface area contributed by atoms with Crippen molar-refractivity contribution in [3.8, 4) is 5.88 Å². The maximum absolute atomic E-state index is 5.73. The molecule has 0 atom stereocenters. The first-order valence-electron chi connectivity index (χ1n) is 6.96. The van der Waals surface area contributed by atoms with E-state index in [1.165, 1.54) is 0 Å². The number of aromatic nitrogens is 2. The summed E-state index contributed by atoms with van der Waals surface area (Å²) in [5.41, 5.74) is 0.974. The Kier molecular flexibility index (Phi) is 6.33. The molecule has 0 aromatic carbocycles. The maximum atomic E-state index is 5.73. The van der Waals surface area contributed by atoms with Gasteiger partial charge in [0, 0.05) is 12.5 Å². The minimum absolute atomic E-state index is 0.282. The van der Waals surface area contributed by atoms with E-state index in [1.54, 1.807) is 0 Å². The lowest BCUT2D eigenvalue weighted by Crippen LogP contribution is -2.11. The van der Waals surface area contributed by atoms with Crippen molar-refractivity contribution < 1.29 is 4.74 Å². The highest BCUT2D eigenvalue weighted by molar-refractivity contribution is 5.48. The molecule has 0 radical (unpaired) electrons. The Morgan fingerprint density at radius 1 is 1.37 bits per heavy atom. The van der Waals surface area contributed by atoms with Gasteiger partial charge in [-0.15, -0.1) is 6.58 Å². The van der Waals surface area contributed by atoms with E-state index in [9.17, 15) is 0 Å². The Morgan fingerprint density at radius 3 is 2.68 bits per heavy atom. The lowest BCUT2D eigenvalue weighted by molar-refractivity contribution is 0.308. The summed E-state index contributed by atoms with van der Waals surface area (Å²) in [5.74, 6) is 2.66. The van der Waals surface area contributed by atoms with Crippen LogP contribution in [0.5, 0.6) is 5.88 Å². The van der Waals surface area contributed by atoms with Crippen molar-refractivity contribution in [2.24, 2.45) is 0 Å². The average molecular weight is 263 g/mol. The second-order valence-corrected chi connectivity index (χ2v) is 4.87. The fourth-order valence-electron chi connectivity index (χ4n) is 1.57. The predicted molar refractivity (Wildman–Crippen MR) is 79.9 cm³/mol. The molecule has 1 aromatic rings. The van der Waals surface area contributed by atoms with Crippen LogP contribution in [0.25, 0.3) is 0 Å². The van der Waals surface area contributed by atoms with Gasteiger partial charge >= 0.3 is 0 Å². The molecule has 106 valence electrons. The Morgan fingerprint density at radius 2 is 2.11 bits per heavy atom. The number of anilines is 1. The maximum Gasteiger partial charge on any atom is 0.221 e. The van der Waals surface area contributed by atoms with Gasteiger partial charge < -0.3 is 10.1 Å². The largest absolute Gasteiger partial charge is 0.477 e.